The summed E-state index contributed by atoms with van der Waals surface area (Å²) in [7, 11) is 0. The number of piperazine rings is 1. The minimum atomic E-state index is -0.0247. The molecule has 4 rings (SSSR count). The lowest BCUT2D eigenvalue weighted by Crippen LogP contribution is -2.48. The van der Waals surface area contributed by atoms with Crippen LogP contribution in [0, 0.1) is 0 Å². The van der Waals surface area contributed by atoms with E-state index >= 15 is 0 Å². The fourth-order valence-electron chi connectivity index (χ4n) is 4.95. The summed E-state index contributed by atoms with van der Waals surface area (Å²) >= 11 is 0. The Balaban J connectivity index is 1.22. The minimum absolute atomic E-state index is 0.0247. The predicted octanol–water partition coefficient (Wildman–Crippen LogP) is 1.54. The van der Waals surface area contributed by atoms with E-state index in [1.165, 1.54) is 6.42 Å². The van der Waals surface area contributed by atoms with Gasteiger partial charge in [0.05, 0.1) is 11.4 Å². The maximum absolute atomic E-state index is 12.9. The van der Waals surface area contributed by atoms with Crippen LogP contribution in [0.25, 0.3) is 0 Å². The van der Waals surface area contributed by atoms with E-state index in [1.54, 1.807) is 0 Å². The smallest absolute Gasteiger partial charge is 0.227 e. The van der Waals surface area contributed by atoms with Crippen LogP contribution in [0.5, 0.6) is 0 Å². The zero-order chi connectivity index (χ0) is 20.9. The SMILES string of the molecule is CCN1CCN(CCNC(=O)CCC(=O)N2C[C@@H]3CCCN3c3ccccc32)CC1. The molecule has 1 aromatic rings. The first-order chi connectivity index (χ1) is 14.7. The van der Waals surface area contributed by atoms with Crippen molar-refractivity contribution in [2.75, 3.05) is 68.7 Å². The molecule has 0 radical (unpaired) electrons. The highest BCUT2D eigenvalue weighted by molar-refractivity contribution is 5.99. The van der Waals surface area contributed by atoms with E-state index in [-0.39, 0.29) is 24.7 Å². The summed E-state index contributed by atoms with van der Waals surface area (Å²) in [5, 5.41) is 3.00. The molecule has 164 valence electrons. The van der Waals surface area contributed by atoms with E-state index in [0.29, 0.717) is 12.6 Å². The second-order valence-electron chi connectivity index (χ2n) is 8.61. The maximum atomic E-state index is 12.9. The molecule has 2 amide bonds. The number of likely N-dealkylation sites (N-methyl/N-ethyl adjacent to an activating group) is 1. The molecule has 3 heterocycles. The summed E-state index contributed by atoms with van der Waals surface area (Å²) < 4.78 is 0. The number of anilines is 2. The highest BCUT2D eigenvalue weighted by atomic mass is 16.2. The summed E-state index contributed by atoms with van der Waals surface area (Å²) in [4.78, 5) is 34.4. The molecular formula is C23H35N5O2. The van der Waals surface area contributed by atoms with Gasteiger partial charge in [-0.05, 0) is 31.5 Å². The summed E-state index contributed by atoms with van der Waals surface area (Å²) in [5.41, 5.74) is 2.15. The monoisotopic (exact) mass is 413 g/mol. The third-order valence-electron chi connectivity index (χ3n) is 6.78. The van der Waals surface area contributed by atoms with Crippen LogP contribution in [0.1, 0.15) is 32.6 Å². The van der Waals surface area contributed by atoms with Crippen molar-refractivity contribution in [2.45, 2.75) is 38.6 Å². The normalized spacial score (nSPS) is 22.0. The Bertz CT molecular complexity index is 747. The standard InChI is InChI=1S/C23H35N5O2/c1-2-25-14-16-26(17-15-25)13-11-24-22(29)9-10-23(30)28-18-19-6-5-12-27(19)20-7-3-4-8-21(20)28/h3-4,7-8,19H,2,5-6,9-18H2,1H3,(H,24,29)/t19-/m0/s1. The number of nitrogens with zero attached hydrogens (tertiary/aromatic N) is 4. The average molecular weight is 414 g/mol. The van der Waals surface area contributed by atoms with Crippen LogP contribution >= 0.6 is 0 Å². The van der Waals surface area contributed by atoms with Crippen LogP contribution in [0.2, 0.25) is 0 Å². The molecule has 0 aromatic heterocycles. The van der Waals surface area contributed by atoms with Gasteiger partial charge in [-0.2, -0.15) is 0 Å². The number of rotatable bonds is 7. The Hall–Kier alpha value is -2.12. The number of carbonyl (C=O) groups is 2. The van der Waals surface area contributed by atoms with Gasteiger partial charge >= 0.3 is 0 Å². The maximum Gasteiger partial charge on any atom is 0.227 e. The van der Waals surface area contributed by atoms with Gasteiger partial charge in [0.25, 0.3) is 0 Å². The summed E-state index contributed by atoms with van der Waals surface area (Å²) in [6, 6.07) is 8.58. The third-order valence-corrected chi connectivity index (χ3v) is 6.78. The van der Waals surface area contributed by atoms with E-state index in [4.69, 9.17) is 0 Å². The third kappa shape index (κ3) is 4.78. The second-order valence-corrected chi connectivity index (χ2v) is 8.61. The van der Waals surface area contributed by atoms with Gasteiger partial charge in [0.1, 0.15) is 0 Å². The number of hydrogen-bond acceptors (Lipinski definition) is 5. The fraction of sp³-hybridized carbons (Fsp3) is 0.652. The first-order valence-corrected chi connectivity index (χ1v) is 11.5. The number of para-hydroxylation sites is 2. The Morgan fingerprint density at radius 2 is 1.73 bits per heavy atom. The highest BCUT2D eigenvalue weighted by Crippen LogP contribution is 2.39. The molecule has 3 aliphatic rings. The van der Waals surface area contributed by atoms with Crippen molar-refractivity contribution >= 4 is 23.2 Å². The molecule has 0 saturated carbocycles. The van der Waals surface area contributed by atoms with Crippen LogP contribution in [0.3, 0.4) is 0 Å². The van der Waals surface area contributed by atoms with Crippen molar-refractivity contribution in [1.82, 2.24) is 15.1 Å². The van der Waals surface area contributed by atoms with E-state index in [0.717, 1.165) is 70.2 Å². The molecule has 0 bridgehead atoms. The molecule has 0 spiro atoms. The lowest BCUT2D eigenvalue weighted by Gasteiger charge is -2.40. The van der Waals surface area contributed by atoms with Gasteiger partial charge in [0.2, 0.25) is 11.8 Å². The number of amides is 2. The van der Waals surface area contributed by atoms with E-state index in [1.807, 2.05) is 23.1 Å². The van der Waals surface area contributed by atoms with Crippen molar-refractivity contribution in [1.29, 1.82) is 0 Å². The van der Waals surface area contributed by atoms with E-state index in [2.05, 4.69) is 33.0 Å². The van der Waals surface area contributed by atoms with Gasteiger partial charge in [0.15, 0.2) is 0 Å². The Morgan fingerprint density at radius 1 is 1.00 bits per heavy atom. The van der Waals surface area contributed by atoms with Crippen LogP contribution in [0.15, 0.2) is 24.3 Å². The van der Waals surface area contributed by atoms with Crippen LogP contribution < -0.4 is 15.1 Å². The zero-order valence-electron chi connectivity index (χ0n) is 18.2. The van der Waals surface area contributed by atoms with Gasteiger partial charge in [-0.15, -0.1) is 0 Å². The quantitative estimate of drug-likeness (QED) is 0.735. The number of fused-ring (bicyclic) bond motifs is 3. The number of carbonyl (C=O) groups excluding carboxylic acids is 2. The average Bonchev–Trinajstić information content (AvgIpc) is 3.26. The molecule has 3 aliphatic heterocycles. The van der Waals surface area contributed by atoms with Gasteiger partial charge in [-0.25, -0.2) is 0 Å². The van der Waals surface area contributed by atoms with Gasteiger partial charge < -0.3 is 20.0 Å². The van der Waals surface area contributed by atoms with Crippen molar-refractivity contribution in [2.24, 2.45) is 0 Å². The molecule has 2 saturated heterocycles. The molecule has 1 aromatic carbocycles. The fourth-order valence-corrected chi connectivity index (χ4v) is 4.95. The van der Waals surface area contributed by atoms with Crippen molar-refractivity contribution in [3.8, 4) is 0 Å². The molecule has 2 fully saturated rings. The number of nitrogens with one attached hydrogen (secondary N) is 1. The molecular weight excluding hydrogens is 378 g/mol. The molecule has 30 heavy (non-hydrogen) atoms. The van der Waals surface area contributed by atoms with Crippen molar-refractivity contribution in [3.05, 3.63) is 24.3 Å². The number of hydrogen-bond donors (Lipinski definition) is 1. The molecule has 7 heteroatoms. The molecule has 1 atom stereocenters. The lowest BCUT2D eigenvalue weighted by molar-refractivity contribution is -0.125. The van der Waals surface area contributed by atoms with Crippen LogP contribution in [-0.4, -0.2) is 86.6 Å². The highest BCUT2D eigenvalue weighted by Gasteiger charge is 2.35. The van der Waals surface area contributed by atoms with Crippen LogP contribution in [0.4, 0.5) is 11.4 Å². The second kappa shape index (κ2) is 9.79. The first kappa shape index (κ1) is 21.1. The summed E-state index contributed by atoms with van der Waals surface area (Å²) in [6.45, 7) is 11.0. The summed E-state index contributed by atoms with van der Waals surface area (Å²) in [5.74, 6) is 0.0307. The minimum Gasteiger partial charge on any atom is -0.365 e. The topological polar surface area (TPSA) is 59.1 Å². The van der Waals surface area contributed by atoms with Gasteiger partial charge in [0, 0.05) is 71.2 Å². The Kier molecular flexibility index (Phi) is 6.89. The zero-order valence-corrected chi connectivity index (χ0v) is 18.2. The first-order valence-electron chi connectivity index (χ1n) is 11.5. The van der Waals surface area contributed by atoms with Crippen molar-refractivity contribution < 1.29 is 9.59 Å². The summed E-state index contributed by atoms with van der Waals surface area (Å²) in [6.07, 6.45) is 2.83. The Labute approximate surface area is 180 Å². The van der Waals surface area contributed by atoms with Crippen LogP contribution in [-0.2, 0) is 9.59 Å². The lowest BCUT2D eigenvalue weighted by atomic mass is 10.1. The van der Waals surface area contributed by atoms with E-state index in [9.17, 15) is 9.59 Å². The predicted molar refractivity (Wildman–Crippen MR) is 120 cm³/mol. The molecule has 0 unspecified atom stereocenters. The molecule has 7 nitrogen and oxygen atoms in total. The van der Waals surface area contributed by atoms with Gasteiger partial charge in [-0.1, -0.05) is 19.1 Å². The van der Waals surface area contributed by atoms with Crippen molar-refractivity contribution in [3.63, 3.8) is 0 Å². The molecule has 1 N–H and O–H groups in total. The number of benzene rings is 1. The largest absolute Gasteiger partial charge is 0.365 e. The van der Waals surface area contributed by atoms with Gasteiger partial charge in [-0.3, -0.25) is 14.5 Å². The Morgan fingerprint density at radius 3 is 2.50 bits per heavy atom. The molecule has 0 aliphatic carbocycles. The van der Waals surface area contributed by atoms with E-state index < -0.39 is 0 Å².